The van der Waals surface area contributed by atoms with Gasteiger partial charge in [0.2, 0.25) is 0 Å². The molecule has 1 heterocycles. The second-order valence-corrected chi connectivity index (χ2v) is 6.98. The first-order valence-electron chi connectivity index (χ1n) is 9.18. The Labute approximate surface area is 157 Å². The Morgan fingerprint density at radius 1 is 1.07 bits per heavy atom. The molecule has 2 aromatic carbocycles. The summed E-state index contributed by atoms with van der Waals surface area (Å²) in [5, 5.41) is 8.93. The number of aryl methyl sites for hydroxylation is 1. The lowest BCUT2D eigenvalue weighted by atomic mass is 9.73. The maximum absolute atomic E-state index is 10.8. The molecule has 1 aliphatic carbocycles. The van der Waals surface area contributed by atoms with Gasteiger partial charge in [-0.05, 0) is 61.6 Å². The van der Waals surface area contributed by atoms with Gasteiger partial charge in [0.1, 0.15) is 23.5 Å². The van der Waals surface area contributed by atoms with Crippen LogP contribution in [0.5, 0.6) is 11.5 Å². The SMILES string of the molecule is O=C(O)C1CC(CCc2nc(-c3ccc(Oc4ccccc4)cc3)co2)C1. The molecular weight excluding hydrogens is 342 g/mol. The standard InChI is InChI=1S/C22H21NO4/c24-22(25)17-12-15(13-17)6-11-21-23-20(14-26-21)16-7-9-19(10-8-16)27-18-4-2-1-3-5-18/h1-5,7-10,14-15,17H,6,11-13H2,(H,24,25). The van der Waals surface area contributed by atoms with Gasteiger partial charge in [0.25, 0.3) is 0 Å². The van der Waals surface area contributed by atoms with E-state index in [1.165, 1.54) is 0 Å². The molecule has 3 aromatic rings. The summed E-state index contributed by atoms with van der Waals surface area (Å²) in [5.41, 5.74) is 1.77. The largest absolute Gasteiger partial charge is 0.481 e. The molecule has 0 aliphatic heterocycles. The Bertz CT molecular complexity index is 896. The fourth-order valence-electron chi connectivity index (χ4n) is 3.38. The minimum atomic E-state index is -0.677. The van der Waals surface area contributed by atoms with Crippen LogP contribution < -0.4 is 4.74 Å². The van der Waals surface area contributed by atoms with Crippen molar-refractivity contribution in [1.29, 1.82) is 0 Å². The van der Waals surface area contributed by atoms with Gasteiger partial charge >= 0.3 is 5.97 Å². The Balaban J connectivity index is 1.32. The molecule has 4 rings (SSSR count). The molecule has 138 valence electrons. The average Bonchev–Trinajstić information content (AvgIpc) is 3.10. The van der Waals surface area contributed by atoms with Crippen LogP contribution >= 0.6 is 0 Å². The molecule has 1 fully saturated rings. The summed E-state index contributed by atoms with van der Waals surface area (Å²) in [6.07, 6.45) is 4.88. The first-order valence-corrected chi connectivity index (χ1v) is 9.18. The van der Waals surface area contributed by atoms with Gasteiger partial charge in [-0.2, -0.15) is 0 Å². The van der Waals surface area contributed by atoms with E-state index in [1.807, 2.05) is 54.6 Å². The van der Waals surface area contributed by atoms with Crippen LogP contribution in [-0.4, -0.2) is 16.1 Å². The predicted molar refractivity (Wildman–Crippen MR) is 101 cm³/mol. The van der Waals surface area contributed by atoms with E-state index in [0.29, 0.717) is 11.8 Å². The summed E-state index contributed by atoms with van der Waals surface area (Å²) in [5.74, 6) is 1.90. The van der Waals surface area contributed by atoms with E-state index in [9.17, 15) is 4.79 Å². The third-order valence-corrected chi connectivity index (χ3v) is 5.03. The van der Waals surface area contributed by atoms with E-state index >= 15 is 0 Å². The summed E-state index contributed by atoms with van der Waals surface area (Å²) in [4.78, 5) is 15.4. The highest BCUT2D eigenvalue weighted by Gasteiger charge is 2.34. The summed E-state index contributed by atoms with van der Waals surface area (Å²) < 4.78 is 11.4. The number of ether oxygens (including phenoxy) is 1. The van der Waals surface area contributed by atoms with Crippen LogP contribution in [-0.2, 0) is 11.2 Å². The van der Waals surface area contributed by atoms with Gasteiger partial charge in [0.05, 0.1) is 5.92 Å². The van der Waals surface area contributed by atoms with Crippen molar-refractivity contribution in [2.24, 2.45) is 11.8 Å². The zero-order valence-electron chi connectivity index (χ0n) is 14.9. The van der Waals surface area contributed by atoms with Crippen molar-refractivity contribution < 1.29 is 19.1 Å². The monoisotopic (exact) mass is 363 g/mol. The van der Waals surface area contributed by atoms with Gasteiger partial charge in [0.15, 0.2) is 5.89 Å². The van der Waals surface area contributed by atoms with E-state index < -0.39 is 5.97 Å². The van der Waals surface area contributed by atoms with Crippen molar-refractivity contribution in [2.45, 2.75) is 25.7 Å². The number of benzene rings is 2. The number of carboxylic acids is 1. The smallest absolute Gasteiger partial charge is 0.306 e. The molecule has 0 bridgehead atoms. The summed E-state index contributed by atoms with van der Waals surface area (Å²) in [6, 6.07) is 17.4. The van der Waals surface area contributed by atoms with Crippen molar-refractivity contribution in [3.8, 4) is 22.8 Å². The molecule has 1 aromatic heterocycles. The summed E-state index contributed by atoms with van der Waals surface area (Å²) in [7, 11) is 0. The van der Waals surface area contributed by atoms with Crippen LogP contribution in [0.3, 0.4) is 0 Å². The van der Waals surface area contributed by atoms with Crippen molar-refractivity contribution in [1.82, 2.24) is 4.98 Å². The number of hydrogen-bond donors (Lipinski definition) is 1. The third kappa shape index (κ3) is 4.19. The highest BCUT2D eigenvalue weighted by atomic mass is 16.5. The van der Waals surface area contributed by atoms with Crippen LogP contribution in [0.4, 0.5) is 0 Å². The van der Waals surface area contributed by atoms with E-state index in [-0.39, 0.29) is 5.92 Å². The second kappa shape index (κ2) is 7.66. The molecular formula is C22H21NO4. The van der Waals surface area contributed by atoms with Crippen molar-refractivity contribution in [3.05, 3.63) is 66.8 Å². The summed E-state index contributed by atoms with van der Waals surface area (Å²) >= 11 is 0. The lowest BCUT2D eigenvalue weighted by Gasteiger charge is -2.31. The molecule has 0 unspecified atom stereocenters. The van der Waals surface area contributed by atoms with Gasteiger partial charge in [-0.25, -0.2) is 4.98 Å². The van der Waals surface area contributed by atoms with Crippen LogP contribution in [0.1, 0.15) is 25.2 Å². The van der Waals surface area contributed by atoms with E-state index in [0.717, 1.165) is 48.4 Å². The molecule has 27 heavy (non-hydrogen) atoms. The molecule has 1 aliphatic rings. The van der Waals surface area contributed by atoms with Crippen LogP contribution in [0, 0.1) is 11.8 Å². The van der Waals surface area contributed by atoms with E-state index in [4.69, 9.17) is 14.3 Å². The number of aromatic nitrogens is 1. The lowest BCUT2D eigenvalue weighted by Crippen LogP contribution is -2.30. The fraction of sp³-hybridized carbons (Fsp3) is 0.273. The Morgan fingerprint density at radius 2 is 1.78 bits per heavy atom. The van der Waals surface area contributed by atoms with Gasteiger partial charge in [-0.1, -0.05) is 18.2 Å². The van der Waals surface area contributed by atoms with Crippen LogP contribution in [0.15, 0.2) is 65.3 Å². The van der Waals surface area contributed by atoms with Crippen LogP contribution in [0.2, 0.25) is 0 Å². The van der Waals surface area contributed by atoms with Gasteiger partial charge in [-0.15, -0.1) is 0 Å². The normalized spacial score (nSPS) is 18.7. The number of rotatable bonds is 7. The molecule has 1 saturated carbocycles. The number of carboxylic acid groups (broad SMARTS) is 1. The molecule has 0 amide bonds. The zero-order valence-corrected chi connectivity index (χ0v) is 14.9. The predicted octanol–water partition coefficient (Wildman–Crippen LogP) is 5.18. The minimum absolute atomic E-state index is 0.160. The van der Waals surface area contributed by atoms with Gasteiger partial charge in [0, 0.05) is 12.0 Å². The Kier molecular flexibility index (Phi) is 4.92. The number of nitrogens with zero attached hydrogens (tertiary/aromatic N) is 1. The maximum Gasteiger partial charge on any atom is 0.306 e. The molecule has 0 radical (unpaired) electrons. The highest BCUT2D eigenvalue weighted by molar-refractivity contribution is 5.71. The first kappa shape index (κ1) is 17.3. The average molecular weight is 363 g/mol. The molecule has 0 spiro atoms. The zero-order chi connectivity index (χ0) is 18.6. The third-order valence-electron chi connectivity index (χ3n) is 5.03. The molecule has 0 saturated heterocycles. The lowest BCUT2D eigenvalue weighted by molar-refractivity contribution is -0.146. The number of para-hydroxylation sites is 1. The number of aliphatic carboxylic acids is 1. The molecule has 0 atom stereocenters. The second-order valence-electron chi connectivity index (χ2n) is 6.98. The molecule has 5 heteroatoms. The Morgan fingerprint density at radius 3 is 2.48 bits per heavy atom. The number of hydrogen-bond acceptors (Lipinski definition) is 4. The van der Waals surface area contributed by atoms with Crippen LogP contribution in [0.25, 0.3) is 11.3 Å². The number of oxazole rings is 1. The minimum Gasteiger partial charge on any atom is -0.481 e. The Hall–Kier alpha value is -3.08. The maximum atomic E-state index is 10.8. The van der Waals surface area contributed by atoms with Gasteiger partial charge in [-0.3, -0.25) is 4.79 Å². The highest BCUT2D eigenvalue weighted by Crippen LogP contribution is 2.37. The quantitative estimate of drug-likeness (QED) is 0.626. The molecule has 5 nitrogen and oxygen atoms in total. The molecule has 1 N–H and O–H groups in total. The van der Waals surface area contributed by atoms with E-state index in [2.05, 4.69) is 4.98 Å². The van der Waals surface area contributed by atoms with Crippen molar-refractivity contribution in [2.75, 3.05) is 0 Å². The summed E-state index contributed by atoms with van der Waals surface area (Å²) in [6.45, 7) is 0. The fourth-order valence-corrected chi connectivity index (χ4v) is 3.38. The van der Waals surface area contributed by atoms with E-state index in [1.54, 1.807) is 6.26 Å². The topological polar surface area (TPSA) is 72.6 Å². The van der Waals surface area contributed by atoms with Crippen molar-refractivity contribution >= 4 is 5.97 Å². The first-order chi connectivity index (χ1) is 13.2. The number of carbonyl (C=O) groups is 1. The van der Waals surface area contributed by atoms with Gasteiger partial charge < -0.3 is 14.3 Å². The van der Waals surface area contributed by atoms with Crippen molar-refractivity contribution in [3.63, 3.8) is 0 Å².